The Morgan fingerprint density at radius 1 is 1.29 bits per heavy atom. The predicted octanol–water partition coefficient (Wildman–Crippen LogP) is 1.93. The molecule has 2 rings (SSSR count). The van der Waals surface area contributed by atoms with Crippen LogP contribution in [0, 0.1) is 0 Å². The number of nitrogens with one attached hydrogen (secondary N) is 1. The molecule has 2 aromatic rings. The Bertz CT molecular complexity index is 691. The molecule has 0 aliphatic rings. The van der Waals surface area contributed by atoms with Gasteiger partial charge in [-0.15, -0.1) is 0 Å². The van der Waals surface area contributed by atoms with Crippen LogP contribution in [-0.4, -0.2) is 29.8 Å². The van der Waals surface area contributed by atoms with Crippen LogP contribution in [-0.2, 0) is 18.4 Å². The number of nitrogens with two attached hydrogens (primary N) is 1. The highest BCUT2D eigenvalue weighted by Crippen LogP contribution is 2.27. The van der Waals surface area contributed by atoms with Gasteiger partial charge in [-0.1, -0.05) is 44.2 Å². The minimum absolute atomic E-state index is 0.297. The molecule has 0 radical (unpaired) electrons. The first kappa shape index (κ1) is 18.0. The van der Waals surface area contributed by atoms with Crippen LogP contribution in [0.2, 0.25) is 0 Å². The second-order valence-electron chi connectivity index (χ2n) is 6.49. The lowest BCUT2D eigenvalue weighted by Crippen LogP contribution is -2.33. The SMILES string of the molecule is CC(C)c1nn(C)c(N(C)C)c1CNC(C(N)=O)c1ccccc1. The number of hydrogen-bond donors (Lipinski definition) is 2. The first-order valence-corrected chi connectivity index (χ1v) is 8.13. The van der Waals surface area contributed by atoms with E-state index in [4.69, 9.17) is 5.73 Å². The van der Waals surface area contributed by atoms with Crippen LogP contribution in [0.5, 0.6) is 0 Å². The van der Waals surface area contributed by atoms with Gasteiger partial charge in [-0.3, -0.25) is 14.8 Å². The summed E-state index contributed by atoms with van der Waals surface area (Å²) < 4.78 is 1.88. The number of anilines is 1. The molecule has 1 aromatic carbocycles. The summed E-state index contributed by atoms with van der Waals surface area (Å²) in [5.41, 5.74) is 8.60. The standard InChI is InChI=1S/C18H27N5O/c1-12(2)15-14(18(22(3)4)23(5)21-15)11-20-16(17(19)24)13-9-7-6-8-10-13/h6-10,12,16,20H,11H2,1-5H3,(H2,19,24). The number of carbonyl (C=O) groups excluding carboxylic acids is 1. The number of aromatic nitrogens is 2. The molecule has 0 bridgehead atoms. The molecule has 0 aliphatic carbocycles. The van der Waals surface area contributed by atoms with Gasteiger partial charge in [-0.25, -0.2) is 0 Å². The van der Waals surface area contributed by atoms with Gasteiger partial charge in [0, 0.05) is 33.3 Å². The van der Waals surface area contributed by atoms with Gasteiger partial charge in [0.1, 0.15) is 11.9 Å². The van der Waals surface area contributed by atoms with E-state index in [0.717, 1.165) is 22.6 Å². The fourth-order valence-electron chi connectivity index (χ4n) is 3.00. The number of carbonyl (C=O) groups is 1. The van der Waals surface area contributed by atoms with Gasteiger partial charge in [-0.05, 0) is 11.5 Å². The maximum Gasteiger partial charge on any atom is 0.239 e. The number of primary amides is 1. The van der Waals surface area contributed by atoms with Crippen molar-refractivity contribution in [2.75, 3.05) is 19.0 Å². The first-order valence-electron chi connectivity index (χ1n) is 8.13. The molecule has 0 saturated carbocycles. The van der Waals surface area contributed by atoms with Crippen molar-refractivity contribution in [3.63, 3.8) is 0 Å². The molecule has 6 nitrogen and oxygen atoms in total. The Balaban J connectivity index is 2.31. The van der Waals surface area contributed by atoms with Crippen molar-refractivity contribution in [3.05, 3.63) is 47.2 Å². The smallest absolute Gasteiger partial charge is 0.239 e. The van der Waals surface area contributed by atoms with E-state index in [1.54, 1.807) is 0 Å². The Labute approximate surface area is 143 Å². The molecule has 6 heteroatoms. The second kappa shape index (κ2) is 7.49. The van der Waals surface area contributed by atoms with Crippen LogP contribution >= 0.6 is 0 Å². The third kappa shape index (κ3) is 3.76. The van der Waals surface area contributed by atoms with Crippen LogP contribution in [0.15, 0.2) is 30.3 Å². The van der Waals surface area contributed by atoms with Crippen LogP contribution in [0.4, 0.5) is 5.82 Å². The minimum Gasteiger partial charge on any atom is -0.368 e. The van der Waals surface area contributed by atoms with E-state index in [1.807, 2.05) is 61.1 Å². The molecule has 1 amide bonds. The van der Waals surface area contributed by atoms with Crippen molar-refractivity contribution in [1.29, 1.82) is 0 Å². The maximum atomic E-state index is 11.9. The zero-order chi connectivity index (χ0) is 17.9. The highest BCUT2D eigenvalue weighted by Gasteiger charge is 2.23. The average Bonchev–Trinajstić information content (AvgIpc) is 2.85. The summed E-state index contributed by atoms with van der Waals surface area (Å²) >= 11 is 0. The van der Waals surface area contributed by atoms with E-state index in [0.29, 0.717) is 12.5 Å². The number of hydrogen-bond acceptors (Lipinski definition) is 4. The number of nitrogens with zero attached hydrogens (tertiary/aromatic N) is 3. The average molecular weight is 329 g/mol. The molecule has 1 aromatic heterocycles. The van der Waals surface area contributed by atoms with Crippen molar-refractivity contribution in [3.8, 4) is 0 Å². The summed E-state index contributed by atoms with van der Waals surface area (Å²) in [4.78, 5) is 13.9. The van der Waals surface area contributed by atoms with E-state index < -0.39 is 6.04 Å². The van der Waals surface area contributed by atoms with Crippen molar-refractivity contribution >= 4 is 11.7 Å². The quantitative estimate of drug-likeness (QED) is 0.814. The third-order valence-electron chi connectivity index (χ3n) is 4.01. The van der Waals surface area contributed by atoms with Crippen LogP contribution in [0.25, 0.3) is 0 Å². The molecular formula is C18H27N5O. The lowest BCUT2D eigenvalue weighted by Gasteiger charge is -2.19. The van der Waals surface area contributed by atoms with E-state index >= 15 is 0 Å². The molecule has 1 heterocycles. The fourth-order valence-corrected chi connectivity index (χ4v) is 3.00. The zero-order valence-corrected chi connectivity index (χ0v) is 15.1. The maximum absolute atomic E-state index is 11.9. The zero-order valence-electron chi connectivity index (χ0n) is 15.1. The summed E-state index contributed by atoms with van der Waals surface area (Å²) in [6, 6.07) is 9.01. The highest BCUT2D eigenvalue weighted by atomic mass is 16.1. The van der Waals surface area contributed by atoms with E-state index in [1.165, 1.54) is 0 Å². The van der Waals surface area contributed by atoms with E-state index in [-0.39, 0.29) is 5.91 Å². The molecule has 1 unspecified atom stereocenters. The Kier molecular flexibility index (Phi) is 5.62. The molecular weight excluding hydrogens is 302 g/mol. The van der Waals surface area contributed by atoms with Gasteiger partial charge < -0.3 is 10.6 Å². The van der Waals surface area contributed by atoms with Crippen molar-refractivity contribution < 1.29 is 4.79 Å². The summed E-state index contributed by atoms with van der Waals surface area (Å²) in [5.74, 6) is 0.940. The van der Waals surface area contributed by atoms with Crippen molar-refractivity contribution in [1.82, 2.24) is 15.1 Å². The highest BCUT2D eigenvalue weighted by molar-refractivity contribution is 5.81. The molecule has 0 saturated heterocycles. The second-order valence-corrected chi connectivity index (χ2v) is 6.49. The molecule has 0 aliphatic heterocycles. The van der Waals surface area contributed by atoms with Gasteiger partial charge >= 0.3 is 0 Å². The van der Waals surface area contributed by atoms with Crippen molar-refractivity contribution in [2.24, 2.45) is 12.8 Å². The lowest BCUT2D eigenvalue weighted by molar-refractivity contribution is -0.120. The first-order chi connectivity index (χ1) is 11.3. The van der Waals surface area contributed by atoms with Crippen LogP contribution in [0.1, 0.15) is 42.6 Å². The normalized spacial score (nSPS) is 12.4. The largest absolute Gasteiger partial charge is 0.368 e. The van der Waals surface area contributed by atoms with Crippen molar-refractivity contribution in [2.45, 2.75) is 32.4 Å². The van der Waals surface area contributed by atoms with Gasteiger partial charge in [0.05, 0.1) is 5.69 Å². The van der Waals surface area contributed by atoms with E-state index in [2.05, 4.69) is 24.3 Å². The van der Waals surface area contributed by atoms with E-state index in [9.17, 15) is 4.79 Å². The van der Waals surface area contributed by atoms with Gasteiger partial charge in [0.25, 0.3) is 0 Å². The van der Waals surface area contributed by atoms with Gasteiger partial charge in [0.2, 0.25) is 5.91 Å². The Hall–Kier alpha value is -2.34. The molecule has 130 valence electrons. The number of aryl methyl sites for hydroxylation is 1. The monoisotopic (exact) mass is 329 g/mol. The molecule has 24 heavy (non-hydrogen) atoms. The summed E-state index contributed by atoms with van der Waals surface area (Å²) in [6.07, 6.45) is 0. The molecule has 0 fully saturated rings. The van der Waals surface area contributed by atoms with Crippen LogP contribution in [0.3, 0.4) is 0 Å². The minimum atomic E-state index is -0.526. The number of benzene rings is 1. The van der Waals surface area contributed by atoms with Crippen LogP contribution < -0.4 is 16.0 Å². The molecule has 3 N–H and O–H groups in total. The Morgan fingerprint density at radius 3 is 2.42 bits per heavy atom. The Morgan fingerprint density at radius 2 is 1.92 bits per heavy atom. The van der Waals surface area contributed by atoms with Gasteiger partial charge in [-0.2, -0.15) is 5.10 Å². The predicted molar refractivity (Wildman–Crippen MR) is 96.8 cm³/mol. The molecule has 0 spiro atoms. The van der Waals surface area contributed by atoms with Gasteiger partial charge in [0.15, 0.2) is 0 Å². The summed E-state index contributed by atoms with van der Waals surface area (Å²) in [6.45, 7) is 4.76. The molecule has 1 atom stereocenters. The number of amides is 1. The topological polar surface area (TPSA) is 76.2 Å². The lowest BCUT2D eigenvalue weighted by atomic mass is 10.0. The summed E-state index contributed by atoms with van der Waals surface area (Å²) in [7, 11) is 5.92. The number of rotatable bonds is 7. The third-order valence-corrected chi connectivity index (χ3v) is 4.01. The fraction of sp³-hybridized carbons (Fsp3) is 0.444. The summed E-state index contributed by atoms with van der Waals surface area (Å²) in [5, 5.41) is 7.95.